The Hall–Kier alpha value is -1.56. The molecule has 0 saturated carbocycles. The van der Waals surface area contributed by atoms with Crippen LogP contribution in [-0.2, 0) is 0 Å². The summed E-state index contributed by atoms with van der Waals surface area (Å²) in [7, 11) is 0. The number of aliphatic hydroxyl groups is 1. The van der Waals surface area contributed by atoms with Gasteiger partial charge in [0.2, 0.25) is 0 Å². The molecule has 19 heavy (non-hydrogen) atoms. The number of urea groups is 1. The molecule has 0 aliphatic heterocycles. The molecule has 0 bridgehead atoms. The molecule has 108 valence electrons. The van der Waals surface area contributed by atoms with Gasteiger partial charge in [-0.15, -0.1) is 0 Å². The van der Waals surface area contributed by atoms with Crippen LogP contribution in [0.4, 0.5) is 10.5 Å². The van der Waals surface area contributed by atoms with Crippen molar-refractivity contribution in [2.75, 3.05) is 18.4 Å². The van der Waals surface area contributed by atoms with E-state index in [4.69, 9.17) is 0 Å². The largest absolute Gasteiger partial charge is 0.389 e. The van der Waals surface area contributed by atoms with Crippen LogP contribution in [0.3, 0.4) is 0 Å². The summed E-state index contributed by atoms with van der Waals surface area (Å²) in [6, 6.07) is 0.0252. The summed E-state index contributed by atoms with van der Waals surface area (Å²) in [6.07, 6.45) is 3.41. The standard InChI is InChI=1S/C13H24N4O2/c1-6-16(9-13(4,5)19)12(18)15-11-7-14-17(8-11)10(2)3/h7-8,10,19H,6,9H2,1-5H3,(H,15,18). The van der Waals surface area contributed by atoms with Crippen molar-refractivity contribution in [3.05, 3.63) is 12.4 Å². The Labute approximate surface area is 114 Å². The predicted octanol–water partition coefficient (Wildman–Crippen LogP) is 2.09. The van der Waals surface area contributed by atoms with Crippen molar-refractivity contribution in [1.29, 1.82) is 0 Å². The number of amides is 2. The van der Waals surface area contributed by atoms with E-state index < -0.39 is 5.60 Å². The first-order valence-corrected chi connectivity index (χ1v) is 6.55. The van der Waals surface area contributed by atoms with Crippen molar-refractivity contribution in [3.8, 4) is 0 Å². The van der Waals surface area contributed by atoms with E-state index in [-0.39, 0.29) is 18.6 Å². The van der Waals surface area contributed by atoms with Crippen molar-refractivity contribution < 1.29 is 9.90 Å². The average molecular weight is 268 g/mol. The summed E-state index contributed by atoms with van der Waals surface area (Å²) in [5.74, 6) is 0. The highest BCUT2D eigenvalue weighted by Gasteiger charge is 2.21. The normalized spacial score (nSPS) is 11.7. The van der Waals surface area contributed by atoms with Gasteiger partial charge in [-0.25, -0.2) is 4.79 Å². The molecule has 2 amide bonds. The number of hydrogen-bond acceptors (Lipinski definition) is 3. The lowest BCUT2D eigenvalue weighted by Crippen LogP contribution is -2.44. The molecule has 1 heterocycles. The fourth-order valence-electron chi connectivity index (χ4n) is 1.68. The molecule has 0 fully saturated rings. The van der Waals surface area contributed by atoms with Gasteiger partial charge in [0.1, 0.15) is 0 Å². The minimum Gasteiger partial charge on any atom is -0.389 e. The molecule has 1 aromatic heterocycles. The molecule has 0 unspecified atom stereocenters. The minimum atomic E-state index is -0.907. The van der Waals surface area contributed by atoms with E-state index in [1.54, 1.807) is 35.8 Å². The molecule has 0 aromatic carbocycles. The highest BCUT2D eigenvalue weighted by Crippen LogP contribution is 2.12. The maximum Gasteiger partial charge on any atom is 0.322 e. The first-order valence-electron chi connectivity index (χ1n) is 6.55. The smallest absolute Gasteiger partial charge is 0.322 e. The predicted molar refractivity (Wildman–Crippen MR) is 75.2 cm³/mol. The molecule has 0 aliphatic rings. The van der Waals surface area contributed by atoms with Crippen LogP contribution in [0, 0.1) is 0 Å². The number of rotatable bonds is 5. The molecule has 0 saturated heterocycles. The van der Waals surface area contributed by atoms with E-state index >= 15 is 0 Å². The van der Waals surface area contributed by atoms with Crippen molar-refractivity contribution in [2.24, 2.45) is 0 Å². The lowest BCUT2D eigenvalue weighted by Gasteiger charge is -2.27. The van der Waals surface area contributed by atoms with Crippen LogP contribution < -0.4 is 5.32 Å². The molecule has 0 radical (unpaired) electrons. The van der Waals surface area contributed by atoms with Crippen LogP contribution >= 0.6 is 0 Å². The maximum atomic E-state index is 12.1. The molecule has 0 aliphatic carbocycles. The van der Waals surface area contributed by atoms with Gasteiger partial charge < -0.3 is 15.3 Å². The number of carbonyl (C=O) groups is 1. The molecule has 0 atom stereocenters. The van der Waals surface area contributed by atoms with Gasteiger partial charge in [-0.2, -0.15) is 5.10 Å². The summed E-state index contributed by atoms with van der Waals surface area (Å²) in [5.41, 5.74) is -0.247. The third-order valence-corrected chi connectivity index (χ3v) is 2.63. The zero-order valence-electron chi connectivity index (χ0n) is 12.3. The number of likely N-dealkylation sites (N-methyl/N-ethyl adjacent to an activating group) is 1. The first kappa shape index (κ1) is 15.5. The number of nitrogens with zero attached hydrogens (tertiary/aromatic N) is 3. The molecule has 6 heteroatoms. The van der Waals surface area contributed by atoms with E-state index in [1.807, 2.05) is 20.8 Å². The number of hydrogen-bond donors (Lipinski definition) is 2. The SMILES string of the molecule is CCN(CC(C)(C)O)C(=O)Nc1cnn(C(C)C)c1. The van der Waals surface area contributed by atoms with Crippen LogP contribution in [0.25, 0.3) is 0 Å². The molecule has 1 aromatic rings. The van der Waals surface area contributed by atoms with Crippen LogP contribution in [0.1, 0.15) is 40.7 Å². The quantitative estimate of drug-likeness (QED) is 0.859. The third-order valence-electron chi connectivity index (χ3n) is 2.63. The lowest BCUT2D eigenvalue weighted by molar-refractivity contribution is 0.0501. The summed E-state index contributed by atoms with van der Waals surface area (Å²) >= 11 is 0. The zero-order chi connectivity index (χ0) is 14.6. The van der Waals surface area contributed by atoms with Crippen molar-refractivity contribution in [1.82, 2.24) is 14.7 Å². The second-order valence-electron chi connectivity index (χ2n) is 5.56. The maximum absolute atomic E-state index is 12.1. The highest BCUT2D eigenvalue weighted by molar-refractivity contribution is 5.89. The van der Waals surface area contributed by atoms with E-state index in [0.29, 0.717) is 12.2 Å². The number of anilines is 1. The second-order valence-corrected chi connectivity index (χ2v) is 5.56. The summed E-state index contributed by atoms with van der Waals surface area (Å²) in [5, 5.41) is 16.7. The Bertz CT molecular complexity index is 421. The number of nitrogens with one attached hydrogen (secondary N) is 1. The minimum absolute atomic E-state index is 0.229. The van der Waals surface area contributed by atoms with Gasteiger partial charge in [-0.3, -0.25) is 4.68 Å². The first-order chi connectivity index (χ1) is 8.73. The second kappa shape index (κ2) is 6.06. The van der Waals surface area contributed by atoms with E-state index in [1.165, 1.54) is 0 Å². The summed E-state index contributed by atoms with van der Waals surface area (Å²) < 4.78 is 1.78. The Morgan fingerprint density at radius 3 is 2.63 bits per heavy atom. The number of aromatic nitrogens is 2. The van der Waals surface area contributed by atoms with Gasteiger partial charge in [0.05, 0.1) is 24.0 Å². The Kier molecular flexibility index (Phi) is 4.94. The lowest BCUT2D eigenvalue weighted by atomic mass is 10.1. The fourth-order valence-corrected chi connectivity index (χ4v) is 1.68. The van der Waals surface area contributed by atoms with Crippen molar-refractivity contribution in [3.63, 3.8) is 0 Å². The van der Waals surface area contributed by atoms with E-state index in [0.717, 1.165) is 0 Å². The topological polar surface area (TPSA) is 70.4 Å². The summed E-state index contributed by atoms with van der Waals surface area (Å²) in [6.45, 7) is 10.1. The zero-order valence-corrected chi connectivity index (χ0v) is 12.3. The monoisotopic (exact) mass is 268 g/mol. The van der Waals surface area contributed by atoms with Crippen molar-refractivity contribution in [2.45, 2.75) is 46.3 Å². The summed E-state index contributed by atoms with van der Waals surface area (Å²) in [4.78, 5) is 13.6. The van der Waals surface area contributed by atoms with Gasteiger partial charge in [0, 0.05) is 18.8 Å². The fraction of sp³-hybridized carbons (Fsp3) is 0.692. The van der Waals surface area contributed by atoms with Crippen molar-refractivity contribution >= 4 is 11.7 Å². The van der Waals surface area contributed by atoms with Crippen LogP contribution in [0.15, 0.2) is 12.4 Å². The van der Waals surface area contributed by atoms with E-state index in [9.17, 15) is 9.90 Å². The molecular weight excluding hydrogens is 244 g/mol. The average Bonchev–Trinajstić information content (AvgIpc) is 2.73. The Balaban J connectivity index is 2.66. The molecular formula is C13H24N4O2. The van der Waals surface area contributed by atoms with Gasteiger partial charge in [-0.1, -0.05) is 0 Å². The molecule has 1 rings (SSSR count). The van der Waals surface area contributed by atoms with Crippen LogP contribution in [0.5, 0.6) is 0 Å². The Morgan fingerprint density at radius 2 is 2.21 bits per heavy atom. The Morgan fingerprint density at radius 1 is 1.58 bits per heavy atom. The van der Waals surface area contributed by atoms with Gasteiger partial charge in [-0.05, 0) is 34.6 Å². The highest BCUT2D eigenvalue weighted by atomic mass is 16.3. The van der Waals surface area contributed by atoms with Crippen LogP contribution in [-0.4, -0.2) is 44.5 Å². The number of carbonyl (C=O) groups excluding carboxylic acids is 1. The van der Waals surface area contributed by atoms with Crippen LogP contribution in [0.2, 0.25) is 0 Å². The van der Waals surface area contributed by atoms with Gasteiger partial charge in [0.25, 0.3) is 0 Å². The molecule has 2 N–H and O–H groups in total. The molecule has 0 spiro atoms. The van der Waals surface area contributed by atoms with Gasteiger partial charge >= 0.3 is 6.03 Å². The van der Waals surface area contributed by atoms with E-state index in [2.05, 4.69) is 10.4 Å². The molecule has 6 nitrogen and oxygen atoms in total. The third kappa shape index (κ3) is 4.90. The van der Waals surface area contributed by atoms with Gasteiger partial charge in [0.15, 0.2) is 0 Å².